The van der Waals surface area contributed by atoms with Crippen molar-refractivity contribution in [3.63, 3.8) is 0 Å². The lowest BCUT2D eigenvalue weighted by Crippen LogP contribution is -2.27. The summed E-state index contributed by atoms with van der Waals surface area (Å²) in [6.07, 6.45) is 16.3. The molecule has 2 N–H and O–H groups in total. The summed E-state index contributed by atoms with van der Waals surface area (Å²) in [5.74, 6) is -1.27. The summed E-state index contributed by atoms with van der Waals surface area (Å²) in [5, 5.41) is 13.8. The van der Waals surface area contributed by atoms with E-state index in [0.717, 1.165) is 30.3 Å². The minimum atomic E-state index is -0.606. The van der Waals surface area contributed by atoms with Crippen molar-refractivity contribution in [2.24, 2.45) is 0 Å². The number of hydrogen-bond donors (Lipinski definition) is 2. The summed E-state index contributed by atoms with van der Waals surface area (Å²) >= 11 is 0. The number of carbonyl (C=O) groups excluding carboxylic acids is 2. The summed E-state index contributed by atoms with van der Waals surface area (Å²) in [4.78, 5) is 25.8. The fourth-order valence-electron chi connectivity index (χ4n) is 3.77. The van der Waals surface area contributed by atoms with Crippen molar-refractivity contribution in [1.29, 1.82) is 0 Å². The van der Waals surface area contributed by atoms with E-state index in [4.69, 9.17) is 0 Å². The molecule has 1 amide bonds. The first-order chi connectivity index (χ1) is 15.0. The van der Waals surface area contributed by atoms with Crippen LogP contribution in [0.15, 0.2) is 54.3 Å². The molecule has 0 saturated heterocycles. The third-order valence-electron chi connectivity index (χ3n) is 5.39. The maximum Gasteiger partial charge on any atom is 0.333 e. The molecule has 0 spiro atoms. The Balaban J connectivity index is 1.84. The molecule has 0 unspecified atom stereocenters. The molecule has 1 aromatic carbocycles. The molecule has 1 heterocycles. The second-order valence-electron chi connectivity index (χ2n) is 7.75. The van der Waals surface area contributed by atoms with Crippen molar-refractivity contribution in [2.45, 2.75) is 58.3 Å². The first kappa shape index (κ1) is 22.5. The van der Waals surface area contributed by atoms with Gasteiger partial charge in [-0.1, -0.05) is 63.3 Å². The zero-order chi connectivity index (χ0) is 22.2. The third-order valence-corrected chi connectivity index (χ3v) is 5.39. The van der Waals surface area contributed by atoms with Crippen LogP contribution in [0.3, 0.4) is 0 Å². The molecule has 1 aliphatic carbocycles. The number of aromatic hydroxyl groups is 1. The van der Waals surface area contributed by atoms with E-state index in [9.17, 15) is 19.1 Å². The topological polar surface area (TPSA) is 71.3 Å². The molecule has 0 fully saturated rings. The number of rotatable bonds is 9. The second kappa shape index (κ2) is 10.8. The third kappa shape index (κ3) is 5.51. The zero-order valence-corrected chi connectivity index (χ0v) is 17.9. The number of ketones is 1. The van der Waals surface area contributed by atoms with E-state index in [0.29, 0.717) is 24.1 Å². The van der Waals surface area contributed by atoms with Gasteiger partial charge in [0.25, 0.3) is 0 Å². The Morgan fingerprint density at radius 3 is 2.71 bits per heavy atom. The fraction of sp³-hybridized carbons (Fsp3) is 0.360. The van der Waals surface area contributed by atoms with Crippen LogP contribution >= 0.6 is 0 Å². The number of allylic oxidation sites excluding steroid dienone is 5. The van der Waals surface area contributed by atoms with Crippen molar-refractivity contribution in [3.05, 3.63) is 65.7 Å². The number of nitrogens with one attached hydrogen (secondary N) is 1. The van der Waals surface area contributed by atoms with Gasteiger partial charge in [-0.25, -0.2) is 13.8 Å². The van der Waals surface area contributed by atoms with Crippen LogP contribution in [0.1, 0.15) is 68.6 Å². The van der Waals surface area contributed by atoms with Gasteiger partial charge in [-0.3, -0.25) is 4.79 Å². The van der Waals surface area contributed by atoms with Crippen LogP contribution in [0.2, 0.25) is 0 Å². The number of fused-ring (bicyclic) bond motifs is 1. The molecule has 31 heavy (non-hydrogen) atoms. The molecule has 0 saturated carbocycles. The van der Waals surface area contributed by atoms with Gasteiger partial charge in [-0.15, -0.1) is 0 Å². The molecule has 1 aromatic heterocycles. The van der Waals surface area contributed by atoms with E-state index in [-0.39, 0.29) is 23.2 Å². The summed E-state index contributed by atoms with van der Waals surface area (Å²) in [5.41, 5.74) is 0.877. The standard InChI is InChI=1S/C25H29FN2O3/c1-2-3-4-5-6-11-14-22(29)23-20-17-18(26)15-16-21(20)28(24(23)30)25(31)27-19-12-9-7-8-10-13-19/h7-9,12-13,15-17,30H,2-6,10-11,14H2,1H3,(H,27,31). The van der Waals surface area contributed by atoms with Crippen molar-refractivity contribution < 1.29 is 19.1 Å². The molecule has 5 nitrogen and oxygen atoms in total. The average molecular weight is 425 g/mol. The summed E-state index contributed by atoms with van der Waals surface area (Å²) in [6.45, 7) is 2.15. The van der Waals surface area contributed by atoms with Crippen LogP contribution in [0, 0.1) is 5.82 Å². The van der Waals surface area contributed by atoms with Gasteiger partial charge in [0.1, 0.15) is 5.82 Å². The number of unbranched alkanes of at least 4 members (excludes halogenated alkanes) is 5. The molecule has 164 valence electrons. The van der Waals surface area contributed by atoms with Crippen LogP contribution in [0.25, 0.3) is 10.9 Å². The quantitative estimate of drug-likeness (QED) is 0.362. The lowest BCUT2D eigenvalue weighted by atomic mass is 10.0. The number of benzene rings is 1. The highest BCUT2D eigenvalue weighted by atomic mass is 19.1. The zero-order valence-electron chi connectivity index (χ0n) is 17.9. The number of amides is 1. The molecular weight excluding hydrogens is 395 g/mol. The second-order valence-corrected chi connectivity index (χ2v) is 7.75. The van der Waals surface area contributed by atoms with E-state index in [2.05, 4.69) is 12.2 Å². The number of carbonyl (C=O) groups is 2. The van der Waals surface area contributed by atoms with Crippen molar-refractivity contribution in [1.82, 2.24) is 9.88 Å². The van der Waals surface area contributed by atoms with Crippen molar-refractivity contribution in [3.8, 4) is 5.88 Å². The van der Waals surface area contributed by atoms with Gasteiger partial charge in [0, 0.05) is 17.5 Å². The van der Waals surface area contributed by atoms with E-state index in [1.165, 1.54) is 24.6 Å². The molecule has 0 aliphatic heterocycles. The highest BCUT2D eigenvalue weighted by Gasteiger charge is 2.26. The molecule has 6 heteroatoms. The predicted molar refractivity (Wildman–Crippen MR) is 121 cm³/mol. The van der Waals surface area contributed by atoms with Crippen LogP contribution < -0.4 is 5.32 Å². The van der Waals surface area contributed by atoms with Gasteiger partial charge in [0.15, 0.2) is 5.78 Å². The number of aromatic nitrogens is 1. The molecule has 2 aromatic rings. The van der Waals surface area contributed by atoms with Gasteiger partial charge in [0.05, 0.1) is 11.1 Å². The predicted octanol–water partition coefficient (Wildman–Crippen LogP) is 6.38. The molecule has 0 radical (unpaired) electrons. The van der Waals surface area contributed by atoms with Crippen LogP contribution in [0.4, 0.5) is 9.18 Å². The number of nitrogens with zero attached hydrogens (tertiary/aromatic N) is 1. The molecule has 0 atom stereocenters. The number of hydrogen-bond acceptors (Lipinski definition) is 3. The first-order valence-electron chi connectivity index (χ1n) is 10.9. The SMILES string of the molecule is CCCCCCCCC(=O)c1c(O)n(C(=O)NC2=CCC=CC=C2)c2ccc(F)cc12. The van der Waals surface area contributed by atoms with Gasteiger partial charge >= 0.3 is 6.03 Å². The van der Waals surface area contributed by atoms with Gasteiger partial charge < -0.3 is 10.4 Å². The lowest BCUT2D eigenvalue weighted by molar-refractivity contribution is 0.0978. The Morgan fingerprint density at radius 1 is 1.13 bits per heavy atom. The van der Waals surface area contributed by atoms with E-state index >= 15 is 0 Å². The Kier molecular flexibility index (Phi) is 7.82. The Hall–Kier alpha value is -3.15. The van der Waals surface area contributed by atoms with Crippen molar-refractivity contribution >= 4 is 22.7 Å². The van der Waals surface area contributed by atoms with E-state index in [1.807, 2.05) is 18.2 Å². The van der Waals surface area contributed by atoms with Gasteiger partial charge in [0.2, 0.25) is 5.88 Å². The summed E-state index contributed by atoms with van der Waals surface area (Å²) in [7, 11) is 0. The molecule has 3 rings (SSSR count). The molecule has 0 bridgehead atoms. The number of halogens is 1. The molecule has 1 aliphatic rings. The van der Waals surface area contributed by atoms with Gasteiger partial charge in [-0.05, 0) is 37.1 Å². The highest BCUT2D eigenvalue weighted by Crippen LogP contribution is 2.33. The van der Waals surface area contributed by atoms with Crippen LogP contribution in [-0.4, -0.2) is 21.5 Å². The lowest BCUT2D eigenvalue weighted by Gasteiger charge is -2.09. The minimum absolute atomic E-state index is 0.00487. The smallest absolute Gasteiger partial charge is 0.333 e. The Labute approximate surface area is 181 Å². The molecular formula is C25H29FN2O3. The fourth-order valence-corrected chi connectivity index (χ4v) is 3.77. The first-order valence-corrected chi connectivity index (χ1v) is 10.9. The largest absolute Gasteiger partial charge is 0.494 e. The normalized spacial score (nSPS) is 13.3. The monoisotopic (exact) mass is 424 g/mol. The maximum absolute atomic E-state index is 13.9. The Bertz CT molecular complexity index is 1050. The van der Waals surface area contributed by atoms with Crippen molar-refractivity contribution in [2.75, 3.05) is 0 Å². The minimum Gasteiger partial charge on any atom is -0.494 e. The van der Waals surface area contributed by atoms with Gasteiger partial charge in [-0.2, -0.15) is 0 Å². The van der Waals surface area contributed by atoms with Crippen LogP contribution in [0.5, 0.6) is 5.88 Å². The summed E-state index contributed by atoms with van der Waals surface area (Å²) in [6, 6.07) is 3.21. The summed E-state index contributed by atoms with van der Waals surface area (Å²) < 4.78 is 15.0. The van der Waals surface area contributed by atoms with E-state index in [1.54, 1.807) is 12.2 Å². The Morgan fingerprint density at radius 2 is 1.90 bits per heavy atom. The average Bonchev–Trinajstić information content (AvgIpc) is 2.87. The highest BCUT2D eigenvalue weighted by molar-refractivity contribution is 6.13. The number of Topliss-reactive ketones (excluding diaryl/α,β-unsaturated/α-hetero) is 1. The maximum atomic E-state index is 13.9. The van der Waals surface area contributed by atoms with E-state index < -0.39 is 17.7 Å². The van der Waals surface area contributed by atoms with Crippen LogP contribution in [-0.2, 0) is 0 Å².